The summed E-state index contributed by atoms with van der Waals surface area (Å²) in [6, 6.07) is 9.61. The molecular formula is C18H14BrClFNO3. The molecule has 0 saturated heterocycles. The van der Waals surface area contributed by atoms with E-state index in [0.29, 0.717) is 5.69 Å². The average Bonchev–Trinajstić information content (AvgIpc) is 2.55. The number of rotatable bonds is 5. The summed E-state index contributed by atoms with van der Waals surface area (Å²) in [4.78, 5) is 23.5. The van der Waals surface area contributed by atoms with Gasteiger partial charge in [0.05, 0.1) is 10.7 Å². The molecule has 4 nitrogen and oxygen atoms in total. The lowest BCUT2D eigenvalue weighted by Gasteiger charge is -2.08. The lowest BCUT2D eigenvalue weighted by atomic mass is 10.2. The summed E-state index contributed by atoms with van der Waals surface area (Å²) in [5.41, 5.74) is 1.68. The zero-order valence-electron chi connectivity index (χ0n) is 13.2. The third-order valence-electron chi connectivity index (χ3n) is 3.13. The summed E-state index contributed by atoms with van der Waals surface area (Å²) in [6.45, 7) is 1.46. The van der Waals surface area contributed by atoms with Gasteiger partial charge in [-0.15, -0.1) is 0 Å². The largest absolute Gasteiger partial charge is 0.452 e. The number of aryl methyl sites for hydroxylation is 1. The molecule has 0 radical (unpaired) electrons. The van der Waals surface area contributed by atoms with E-state index >= 15 is 0 Å². The first-order valence-electron chi connectivity index (χ1n) is 7.21. The second kappa shape index (κ2) is 8.78. The molecule has 0 bridgehead atoms. The molecule has 25 heavy (non-hydrogen) atoms. The van der Waals surface area contributed by atoms with Crippen molar-refractivity contribution >= 4 is 51.2 Å². The van der Waals surface area contributed by atoms with Crippen molar-refractivity contribution < 1.29 is 18.7 Å². The average molecular weight is 427 g/mol. The summed E-state index contributed by atoms with van der Waals surface area (Å²) in [5.74, 6) is -1.83. The van der Waals surface area contributed by atoms with Crippen LogP contribution in [0.1, 0.15) is 11.1 Å². The normalized spacial score (nSPS) is 10.7. The Morgan fingerprint density at radius 1 is 1.32 bits per heavy atom. The van der Waals surface area contributed by atoms with Crippen molar-refractivity contribution in [3.8, 4) is 0 Å². The SMILES string of the molecule is Cc1ccc(NC(=O)COC(=O)/C=C/c2c(F)cccc2Cl)c(Br)c1. The van der Waals surface area contributed by atoms with Crippen LogP contribution in [0.3, 0.4) is 0 Å². The molecule has 130 valence electrons. The Balaban J connectivity index is 1.89. The van der Waals surface area contributed by atoms with Crippen LogP contribution in [0, 0.1) is 12.7 Å². The number of esters is 1. The van der Waals surface area contributed by atoms with Crippen molar-refractivity contribution in [2.75, 3.05) is 11.9 Å². The number of halogens is 3. The van der Waals surface area contributed by atoms with E-state index in [2.05, 4.69) is 21.2 Å². The molecule has 0 aromatic heterocycles. The van der Waals surface area contributed by atoms with E-state index in [1.54, 1.807) is 6.07 Å². The maximum atomic E-state index is 13.6. The van der Waals surface area contributed by atoms with Gasteiger partial charge in [0.1, 0.15) is 5.82 Å². The molecule has 0 fully saturated rings. The molecular weight excluding hydrogens is 413 g/mol. The molecule has 0 atom stereocenters. The van der Waals surface area contributed by atoms with Gasteiger partial charge in [0.25, 0.3) is 5.91 Å². The van der Waals surface area contributed by atoms with Crippen LogP contribution in [0.2, 0.25) is 5.02 Å². The molecule has 0 aliphatic carbocycles. The number of ether oxygens (including phenoxy) is 1. The molecule has 0 spiro atoms. The van der Waals surface area contributed by atoms with Gasteiger partial charge in [-0.25, -0.2) is 9.18 Å². The Labute approximate surface area is 157 Å². The zero-order chi connectivity index (χ0) is 18.4. The fourth-order valence-electron chi connectivity index (χ4n) is 1.91. The van der Waals surface area contributed by atoms with Crippen LogP contribution in [0.4, 0.5) is 10.1 Å². The van der Waals surface area contributed by atoms with E-state index in [4.69, 9.17) is 16.3 Å². The van der Waals surface area contributed by atoms with Gasteiger partial charge in [0.15, 0.2) is 6.61 Å². The quantitative estimate of drug-likeness (QED) is 0.555. The van der Waals surface area contributed by atoms with E-state index in [9.17, 15) is 14.0 Å². The topological polar surface area (TPSA) is 55.4 Å². The molecule has 7 heteroatoms. The Morgan fingerprint density at radius 2 is 2.08 bits per heavy atom. The third-order valence-corrected chi connectivity index (χ3v) is 4.12. The van der Waals surface area contributed by atoms with Gasteiger partial charge >= 0.3 is 5.97 Å². The highest BCUT2D eigenvalue weighted by atomic mass is 79.9. The highest BCUT2D eigenvalue weighted by Crippen LogP contribution is 2.23. The molecule has 0 heterocycles. The van der Waals surface area contributed by atoms with E-state index < -0.39 is 24.3 Å². The fraction of sp³-hybridized carbons (Fsp3) is 0.111. The van der Waals surface area contributed by atoms with E-state index in [1.807, 2.05) is 19.1 Å². The number of hydrogen-bond donors (Lipinski definition) is 1. The first kappa shape index (κ1) is 19.1. The second-order valence-corrected chi connectivity index (χ2v) is 6.37. The van der Waals surface area contributed by atoms with E-state index in [0.717, 1.165) is 16.1 Å². The molecule has 2 aromatic carbocycles. The van der Waals surface area contributed by atoms with Crippen molar-refractivity contribution in [1.82, 2.24) is 0 Å². The van der Waals surface area contributed by atoms with Crippen LogP contribution in [0.15, 0.2) is 46.9 Å². The molecule has 2 rings (SSSR count). The van der Waals surface area contributed by atoms with Gasteiger partial charge in [0.2, 0.25) is 0 Å². The fourth-order valence-corrected chi connectivity index (χ4v) is 2.73. The monoisotopic (exact) mass is 425 g/mol. The van der Waals surface area contributed by atoms with Gasteiger partial charge < -0.3 is 10.1 Å². The van der Waals surface area contributed by atoms with Gasteiger partial charge in [-0.1, -0.05) is 23.7 Å². The Kier molecular flexibility index (Phi) is 6.73. The predicted octanol–water partition coefficient (Wildman–Crippen LogP) is 4.75. The van der Waals surface area contributed by atoms with Crippen molar-refractivity contribution in [2.45, 2.75) is 6.92 Å². The summed E-state index contributed by atoms with van der Waals surface area (Å²) >= 11 is 9.18. The van der Waals surface area contributed by atoms with Gasteiger partial charge in [-0.05, 0) is 58.8 Å². The first-order valence-corrected chi connectivity index (χ1v) is 8.39. The van der Waals surface area contributed by atoms with Gasteiger partial charge in [-0.2, -0.15) is 0 Å². The summed E-state index contributed by atoms with van der Waals surface area (Å²) in [7, 11) is 0. The minimum absolute atomic E-state index is 0.0779. The number of carbonyl (C=O) groups excluding carboxylic acids is 2. The van der Waals surface area contributed by atoms with Gasteiger partial charge in [-0.3, -0.25) is 4.79 Å². The Bertz CT molecular complexity index is 819. The summed E-state index contributed by atoms with van der Waals surface area (Å²) in [6.07, 6.45) is 2.22. The van der Waals surface area contributed by atoms with E-state index in [-0.39, 0.29) is 10.6 Å². The number of carbonyl (C=O) groups is 2. The number of amides is 1. The van der Waals surface area contributed by atoms with Crippen LogP contribution in [-0.2, 0) is 14.3 Å². The maximum Gasteiger partial charge on any atom is 0.331 e. The van der Waals surface area contributed by atoms with Crippen LogP contribution in [0.5, 0.6) is 0 Å². The highest BCUT2D eigenvalue weighted by Gasteiger charge is 2.09. The lowest BCUT2D eigenvalue weighted by Crippen LogP contribution is -2.20. The van der Waals surface area contributed by atoms with Crippen molar-refractivity contribution in [1.29, 1.82) is 0 Å². The highest BCUT2D eigenvalue weighted by molar-refractivity contribution is 9.10. The number of hydrogen-bond acceptors (Lipinski definition) is 3. The first-order chi connectivity index (χ1) is 11.9. The maximum absolute atomic E-state index is 13.6. The number of nitrogens with one attached hydrogen (secondary N) is 1. The Morgan fingerprint density at radius 3 is 2.76 bits per heavy atom. The zero-order valence-corrected chi connectivity index (χ0v) is 15.5. The molecule has 0 unspecified atom stereocenters. The predicted molar refractivity (Wildman–Crippen MR) is 98.9 cm³/mol. The van der Waals surface area contributed by atoms with Crippen LogP contribution in [0.25, 0.3) is 6.08 Å². The molecule has 0 aliphatic heterocycles. The summed E-state index contributed by atoms with van der Waals surface area (Å²) < 4.78 is 19.1. The molecule has 1 amide bonds. The third kappa shape index (κ3) is 5.69. The standard InChI is InChI=1S/C18H14BrClFNO3/c1-11-5-7-16(13(19)9-11)22-17(23)10-25-18(24)8-6-12-14(20)3-2-4-15(12)21/h2-9H,10H2,1H3,(H,22,23)/b8-6+. The van der Waals surface area contributed by atoms with Gasteiger partial charge in [0, 0.05) is 16.1 Å². The number of benzene rings is 2. The lowest BCUT2D eigenvalue weighted by molar-refractivity contribution is -0.142. The minimum Gasteiger partial charge on any atom is -0.452 e. The molecule has 0 aliphatic rings. The van der Waals surface area contributed by atoms with Crippen molar-refractivity contribution in [3.63, 3.8) is 0 Å². The van der Waals surface area contributed by atoms with Crippen LogP contribution >= 0.6 is 27.5 Å². The summed E-state index contributed by atoms with van der Waals surface area (Å²) in [5, 5.41) is 2.79. The van der Waals surface area contributed by atoms with Crippen molar-refractivity contribution in [2.24, 2.45) is 0 Å². The number of anilines is 1. The second-order valence-electron chi connectivity index (χ2n) is 5.11. The smallest absolute Gasteiger partial charge is 0.331 e. The van der Waals surface area contributed by atoms with Crippen LogP contribution in [-0.4, -0.2) is 18.5 Å². The molecule has 2 aromatic rings. The molecule has 0 saturated carbocycles. The van der Waals surface area contributed by atoms with E-state index in [1.165, 1.54) is 24.3 Å². The molecule has 1 N–H and O–H groups in total. The van der Waals surface area contributed by atoms with Crippen molar-refractivity contribution in [3.05, 3.63) is 68.9 Å². The van der Waals surface area contributed by atoms with Crippen LogP contribution < -0.4 is 5.32 Å². The Hall–Kier alpha value is -2.18. The minimum atomic E-state index is -0.780.